The quantitative estimate of drug-likeness (QED) is 0.272. The SMILES string of the molecule is CCOC(=O)c1c(CN=C(N)N)n(C)c2cc(-c3cc(Cl)cc4ccccc34)ccc12. The van der Waals surface area contributed by atoms with Gasteiger partial charge in [0.05, 0.1) is 24.4 Å². The van der Waals surface area contributed by atoms with Gasteiger partial charge in [-0.2, -0.15) is 0 Å². The van der Waals surface area contributed by atoms with Crippen LogP contribution in [0.4, 0.5) is 0 Å². The van der Waals surface area contributed by atoms with E-state index in [9.17, 15) is 4.79 Å². The zero-order chi connectivity index (χ0) is 22.1. The highest BCUT2D eigenvalue weighted by Gasteiger charge is 2.22. The number of ether oxygens (including phenoxy) is 1. The number of esters is 1. The van der Waals surface area contributed by atoms with Gasteiger partial charge in [0, 0.05) is 23.0 Å². The molecule has 0 aliphatic heterocycles. The van der Waals surface area contributed by atoms with Gasteiger partial charge in [-0.25, -0.2) is 9.79 Å². The number of benzene rings is 3. The van der Waals surface area contributed by atoms with Crippen molar-refractivity contribution in [1.82, 2.24) is 4.57 Å². The van der Waals surface area contributed by atoms with E-state index in [-0.39, 0.29) is 19.1 Å². The highest BCUT2D eigenvalue weighted by molar-refractivity contribution is 6.32. The fourth-order valence-electron chi connectivity index (χ4n) is 3.95. The van der Waals surface area contributed by atoms with Crippen molar-refractivity contribution < 1.29 is 9.53 Å². The third-order valence-electron chi connectivity index (χ3n) is 5.35. The summed E-state index contributed by atoms with van der Waals surface area (Å²) in [4.78, 5) is 16.9. The second-order valence-electron chi connectivity index (χ2n) is 7.25. The van der Waals surface area contributed by atoms with E-state index in [1.165, 1.54) is 0 Å². The van der Waals surface area contributed by atoms with E-state index >= 15 is 0 Å². The Morgan fingerprint density at radius 3 is 2.61 bits per heavy atom. The molecule has 0 atom stereocenters. The molecule has 3 aromatic carbocycles. The van der Waals surface area contributed by atoms with Gasteiger partial charge in [0.2, 0.25) is 0 Å². The number of halogens is 1. The summed E-state index contributed by atoms with van der Waals surface area (Å²) in [6.45, 7) is 2.24. The summed E-state index contributed by atoms with van der Waals surface area (Å²) in [6.07, 6.45) is 0. The molecule has 0 bridgehead atoms. The number of carbonyl (C=O) groups excluding carboxylic acids is 1. The second-order valence-corrected chi connectivity index (χ2v) is 7.69. The standard InChI is InChI=1S/C24H23ClN4O2/c1-3-31-23(30)22-18-9-8-15(11-20(18)29(2)21(22)13-28-24(26)27)19-12-16(25)10-14-6-4-5-7-17(14)19/h4-12H,3,13H2,1-2H3,(H4,26,27,28). The molecule has 0 fully saturated rings. The van der Waals surface area contributed by atoms with Crippen LogP contribution in [0.5, 0.6) is 0 Å². The van der Waals surface area contributed by atoms with Gasteiger partial charge in [0.25, 0.3) is 0 Å². The largest absolute Gasteiger partial charge is 0.462 e. The summed E-state index contributed by atoms with van der Waals surface area (Å²) >= 11 is 6.39. The van der Waals surface area contributed by atoms with Crippen LogP contribution in [0.2, 0.25) is 5.02 Å². The number of hydrogen-bond acceptors (Lipinski definition) is 3. The number of fused-ring (bicyclic) bond motifs is 2. The minimum absolute atomic E-state index is 0.0360. The van der Waals surface area contributed by atoms with Gasteiger partial charge in [-0.15, -0.1) is 0 Å². The third kappa shape index (κ3) is 3.82. The molecule has 6 nitrogen and oxygen atoms in total. The Labute approximate surface area is 185 Å². The molecule has 0 amide bonds. The number of hydrogen-bond donors (Lipinski definition) is 2. The van der Waals surface area contributed by atoms with E-state index in [0.717, 1.165) is 32.8 Å². The summed E-state index contributed by atoms with van der Waals surface area (Å²) in [7, 11) is 1.89. The highest BCUT2D eigenvalue weighted by Crippen LogP contribution is 2.35. The average Bonchev–Trinajstić information content (AvgIpc) is 3.03. The summed E-state index contributed by atoms with van der Waals surface area (Å²) in [5, 5.41) is 3.63. The van der Waals surface area contributed by atoms with E-state index in [1.54, 1.807) is 6.92 Å². The number of carbonyl (C=O) groups is 1. The van der Waals surface area contributed by atoms with Crippen LogP contribution in [-0.4, -0.2) is 23.1 Å². The van der Waals surface area contributed by atoms with Crippen molar-refractivity contribution in [1.29, 1.82) is 0 Å². The summed E-state index contributed by atoms with van der Waals surface area (Å²) in [5.41, 5.74) is 15.1. The van der Waals surface area contributed by atoms with Gasteiger partial charge in [0.15, 0.2) is 5.96 Å². The Morgan fingerprint density at radius 1 is 1.10 bits per heavy atom. The molecule has 31 heavy (non-hydrogen) atoms. The molecule has 0 saturated carbocycles. The van der Waals surface area contributed by atoms with Crippen LogP contribution in [-0.2, 0) is 18.3 Å². The number of nitrogens with two attached hydrogens (primary N) is 2. The lowest BCUT2D eigenvalue weighted by molar-refractivity contribution is 0.0527. The molecule has 158 valence electrons. The lowest BCUT2D eigenvalue weighted by Crippen LogP contribution is -2.23. The van der Waals surface area contributed by atoms with E-state index in [4.69, 9.17) is 27.8 Å². The maximum atomic E-state index is 12.7. The van der Waals surface area contributed by atoms with Crippen LogP contribution in [0.25, 0.3) is 32.8 Å². The number of nitrogens with zero attached hydrogens (tertiary/aromatic N) is 2. The van der Waals surface area contributed by atoms with E-state index in [1.807, 2.05) is 54.1 Å². The Kier molecular flexibility index (Phi) is 5.57. The number of aryl methyl sites for hydroxylation is 1. The predicted molar refractivity (Wildman–Crippen MR) is 126 cm³/mol. The Balaban J connectivity index is 1.96. The summed E-state index contributed by atoms with van der Waals surface area (Å²) in [5.74, 6) is -0.430. The first-order chi connectivity index (χ1) is 14.9. The lowest BCUT2D eigenvalue weighted by Gasteiger charge is -2.09. The van der Waals surface area contributed by atoms with Crippen LogP contribution in [0.15, 0.2) is 59.6 Å². The normalized spacial score (nSPS) is 11.1. The van der Waals surface area contributed by atoms with Crippen LogP contribution in [0, 0.1) is 0 Å². The minimum Gasteiger partial charge on any atom is -0.462 e. The first kappa shape index (κ1) is 20.8. The van der Waals surface area contributed by atoms with Crippen molar-refractivity contribution in [3.8, 4) is 11.1 Å². The topological polar surface area (TPSA) is 95.6 Å². The molecule has 0 spiro atoms. The predicted octanol–water partition coefficient (Wildman–Crippen LogP) is 4.60. The fraction of sp³-hybridized carbons (Fsp3) is 0.167. The molecule has 0 radical (unpaired) electrons. The first-order valence-electron chi connectivity index (χ1n) is 9.93. The molecular weight excluding hydrogens is 412 g/mol. The number of guanidine groups is 1. The molecular formula is C24H23ClN4O2. The second kappa shape index (κ2) is 8.32. The van der Waals surface area contributed by atoms with E-state index in [0.29, 0.717) is 16.3 Å². The molecule has 4 aromatic rings. The molecule has 0 saturated heterocycles. The number of aromatic nitrogens is 1. The fourth-order valence-corrected chi connectivity index (χ4v) is 4.18. The smallest absolute Gasteiger partial charge is 0.340 e. The molecule has 1 aromatic heterocycles. The molecule has 4 rings (SSSR count). The van der Waals surface area contributed by atoms with Gasteiger partial charge in [-0.3, -0.25) is 0 Å². The molecule has 0 aliphatic rings. The Morgan fingerprint density at radius 2 is 1.87 bits per heavy atom. The molecule has 0 aliphatic carbocycles. The minimum atomic E-state index is -0.394. The van der Waals surface area contributed by atoms with Crippen molar-refractivity contribution in [2.75, 3.05) is 6.61 Å². The molecule has 1 heterocycles. The molecule has 4 N–H and O–H groups in total. The monoisotopic (exact) mass is 434 g/mol. The van der Waals surface area contributed by atoms with Crippen LogP contribution >= 0.6 is 11.6 Å². The first-order valence-corrected chi connectivity index (χ1v) is 10.3. The van der Waals surface area contributed by atoms with Gasteiger partial charge in [0.1, 0.15) is 0 Å². The van der Waals surface area contributed by atoms with Gasteiger partial charge >= 0.3 is 5.97 Å². The zero-order valence-electron chi connectivity index (χ0n) is 17.4. The Bertz CT molecular complexity index is 1340. The maximum absolute atomic E-state index is 12.7. The van der Waals surface area contributed by atoms with E-state index < -0.39 is 5.97 Å². The number of aliphatic imine (C=N–C) groups is 1. The maximum Gasteiger partial charge on any atom is 0.340 e. The van der Waals surface area contributed by atoms with Gasteiger partial charge in [-0.1, -0.05) is 48.0 Å². The lowest BCUT2D eigenvalue weighted by atomic mass is 9.97. The van der Waals surface area contributed by atoms with E-state index in [2.05, 4.69) is 17.1 Å². The van der Waals surface area contributed by atoms with Crippen molar-refractivity contribution in [2.45, 2.75) is 13.5 Å². The van der Waals surface area contributed by atoms with Gasteiger partial charge in [-0.05, 0) is 47.0 Å². The summed E-state index contributed by atoms with van der Waals surface area (Å²) in [6, 6.07) is 18.0. The molecule has 0 unspecified atom stereocenters. The van der Waals surface area contributed by atoms with Crippen molar-refractivity contribution in [2.24, 2.45) is 23.5 Å². The van der Waals surface area contributed by atoms with Crippen LogP contribution in [0.3, 0.4) is 0 Å². The zero-order valence-corrected chi connectivity index (χ0v) is 18.1. The average molecular weight is 435 g/mol. The van der Waals surface area contributed by atoms with Crippen molar-refractivity contribution in [3.63, 3.8) is 0 Å². The van der Waals surface area contributed by atoms with Crippen molar-refractivity contribution in [3.05, 3.63) is 70.9 Å². The van der Waals surface area contributed by atoms with Crippen LogP contribution in [0.1, 0.15) is 23.0 Å². The van der Waals surface area contributed by atoms with Crippen LogP contribution < -0.4 is 11.5 Å². The van der Waals surface area contributed by atoms with Gasteiger partial charge < -0.3 is 20.8 Å². The number of rotatable bonds is 5. The third-order valence-corrected chi connectivity index (χ3v) is 5.57. The van der Waals surface area contributed by atoms with Crippen molar-refractivity contribution >= 4 is 45.2 Å². The Hall–Kier alpha value is -3.51. The summed E-state index contributed by atoms with van der Waals surface area (Å²) < 4.78 is 7.24. The highest BCUT2D eigenvalue weighted by atomic mass is 35.5. The molecule has 7 heteroatoms.